The lowest BCUT2D eigenvalue weighted by atomic mass is 10.1. The first-order valence-electron chi connectivity index (χ1n) is 3.23. The van der Waals surface area contributed by atoms with E-state index in [0.29, 0.717) is 0 Å². The summed E-state index contributed by atoms with van der Waals surface area (Å²) in [4.78, 5) is 0. The van der Waals surface area contributed by atoms with E-state index in [1.165, 1.54) is 6.07 Å². The van der Waals surface area contributed by atoms with Gasteiger partial charge in [0.15, 0.2) is 0 Å². The highest BCUT2D eigenvalue weighted by Crippen LogP contribution is 2.30. The molecule has 0 aliphatic rings. The Bertz CT molecular complexity index is 371. The molecule has 68 valence electrons. The van der Waals surface area contributed by atoms with Gasteiger partial charge in [-0.1, -0.05) is 23.2 Å². The van der Waals surface area contributed by atoms with Crippen LogP contribution < -0.4 is 0 Å². The number of hydrogen-bond acceptors (Lipinski definition) is 1. The van der Waals surface area contributed by atoms with E-state index in [0.717, 1.165) is 6.07 Å². The topological polar surface area (TPSA) is 23.8 Å². The van der Waals surface area contributed by atoms with Crippen molar-refractivity contribution in [3.63, 3.8) is 0 Å². The van der Waals surface area contributed by atoms with E-state index in [-0.39, 0.29) is 15.6 Å². The van der Waals surface area contributed by atoms with Crippen LogP contribution in [0.15, 0.2) is 12.1 Å². The summed E-state index contributed by atoms with van der Waals surface area (Å²) in [6, 6.07) is 3.90. The molecule has 1 rings (SSSR count). The number of nitriles is 1. The van der Waals surface area contributed by atoms with Gasteiger partial charge in [-0.15, -0.1) is 0 Å². The summed E-state index contributed by atoms with van der Waals surface area (Å²) in [5.41, 5.74) is -0.652. The highest BCUT2D eigenvalue weighted by Gasteiger charge is 2.16. The third-order valence-electron chi connectivity index (χ3n) is 1.43. The Labute approximate surface area is 83.5 Å². The van der Waals surface area contributed by atoms with Gasteiger partial charge in [0.2, 0.25) is 0 Å². The average molecular weight is 222 g/mol. The van der Waals surface area contributed by atoms with E-state index in [4.69, 9.17) is 28.5 Å². The second-order valence-electron chi connectivity index (χ2n) is 2.26. The summed E-state index contributed by atoms with van der Waals surface area (Å²) in [6.07, 6.45) is -2.74. The summed E-state index contributed by atoms with van der Waals surface area (Å²) in [6.45, 7) is 0. The SMILES string of the molecule is N#Cc1c(Cl)cc(Cl)cc1C(F)F. The molecule has 0 unspecified atom stereocenters. The Morgan fingerprint density at radius 1 is 1.31 bits per heavy atom. The molecule has 5 heteroatoms. The molecule has 1 aromatic carbocycles. The largest absolute Gasteiger partial charge is 0.265 e. The first kappa shape index (κ1) is 10.2. The molecule has 0 aliphatic heterocycles. The molecule has 1 aromatic rings. The summed E-state index contributed by atoms with van der Waals surface area (Å²) in [7, 11) is 0. The van der Waals surface area contributed by atoms with Gasteiger partial charge in [0, 0.05) is 10.6 Å². The van der Waals surface area contributed by atoms with Gasteiger partial charge in [-0.2, -0.15) is 5.26 Å². The fourth-order valence-corrected chi connectivity index (χ4v) is 1.43. The lowest BCUT2D eigenvalue weighted by Gasteiger charge is -2.04. The molecule has 1 nitrogen and oxygen atoms in total. The third-order valence-corrected chi connectivity index (χ3v) is 1.95. The van der Waals surface area contributed by atoms with E-state index in [9.17, 15) is 8.78 Å². The molecule has 0 atom stereocenters. The Hall–Kier alpha value is -0.850. The van der Waals surface area contributed by atoms with Gasteiger partial charge in [-0.25, -0.2) is 8.78 Å². The van der Waals surface area contributed by atoms with Crippen molar-refractivity contribution in [2.45, 2.75) is 6.43 Å². The number of alkyl halides is 2. The minimum absolute atomic E-state index is 0.0506. The molecule has 0 aromatic heterocycles. The zero-order valence-electron chi connectivity index (χ0n) is 6.19. The lowest BCUT2D eigenvalue weighted by Crippen LogP contribution is -1.91. The normalized spacial score (nSPS) is 10.2. The molecule has 0 amide bonds. The van der Waals surface area contributed by atoms with Crippen molar-refractivity contribution in [2.75, 3.05) is 0 Å². The molecule has 0 bridgehead atoms. The second kappa shape index (κ2) is 3.91. The second-order valence-corrected chi connectivity index (χ2v) is 3.11. The van der Waals surface area contributed by atoms with Crippen LogP contribution in [0.5, 0.6) is 0 Å². The molecule has 0 fully saturated rings. The number of benzene rings is 1. The van der Waals surface area contributed by atoms with Crippen molar-refractivity contribution >= 4 is 23.2 Å². The predicted molar refractivity (Wildman–Crippen MR) is 46.1 cm³/mol. The van der Waals surface area contributed by atoms with Crippen LogP contribution in [0, 0.1) is 11.3 Å². The van der Waals surface area contributed by atoms with Crippen LogP contribution in [0.2, 0.25) is 10.0 Å². The number of nitrogens with zero attached hydrogens (tertiary/aromatic N) is 1. The highest BCUT2D eigenvalue weighted by molar-refractivity contribution is 6.35. The third kappa shape index (κ3) is 2.09. The summed E-state index contributed by atoms with van der Waals surface area (Å²) in [5.74, 6) is 0. The molecule has 0 spiro atoms. The maximum absolute atomic E-state index is 12.3. The van der Waals surface area contributed by atoms with E-state index < -0.39 is 12.0 Å². The Balaban J connectivity index is 3.41. The van der Waals surface area contributed by atoms with Gasteiger partial charge >= 0.3 is 0 Å². The van der Waals surface area contributed by atoms with Crippen molar-refractivity contribution in [3.8, 4) is 6.07 Å². The Morgan fingerprint density at radius 2 is 1.92 bits per heavy atom. The van der Waals surface area contributed by atoms with E-state index in [1.54, 1.807) is 6.07 Å². The van der Waals surface area contributed by atoms with Gasteiger partial charge < -0.3 is 0 Å². The minimum Gasteiger partial charge on any atom is -0.205 e. The fraction of sp³-hybridized carbons (Fsp3) is 0.125. The maximum Gasteiger partial charge on any atom is 0.265 e. The van der Waals surface area contributed by atoms with Gasteiger partial charge in [0.25, 0.3) is 6.43 Å². The van der Waals surface area contributed by atoms with Gasteiger partial charge in [-0.3, -0.25) is 0 Å². The fourth-order valence-electron chi connectivity index (χ4n) is 0.884. The predicted octanol–water partition coefficient (Wildman–Crippen LogP) is 3.80. The van der Waals surface area contributed by atoms with Crippen LogP contribution in [0.4, 0.5) is 8.78 Å². The highest BCUT2D eigenvalue weighted by atomic mass is 35.5. The van der Waals surface area contributed by atoms with Gasteiger partial charge in [0.1, 0.15) is 6.07 Å². The first-order chi connectivity index (χ1) is 6.06. The number of halogens is 4. The summed E-state index contributed by atoms with van der Waals surface area (Å²) >= 11 is 11.0. The van der Waals surface area contributed by atoms with Crippen LogP contribution in [0.25, 0.3) is 0 Å². The van der Waals surface area contributed by atoms with Crippen LogP contribution in [-0.2, 0) is 0 Å². The first-order valence-corrected chi connectivity index (χ1v) is 3.99. The lowest BCUT2D eigenvalue weighted by molar-refractivity contribution is 0.151. The van der Waals surface area contributed by atoms with Crippen LogP contribution >= 0.6 is 23.2 Å². The van der Waals surface area contributed by atoms with Crippen LogP contribution in [-0.4, -0.2) is 0 Å². The van der Waals surface area contributed by atoms with Crippen molar-refractivity contribution in [1.29, 1.82) is 5.26 Å². The van der Waals surface area contributed by atoms with Crippen molar-refractivity contribution in [1.82, 2.24) is 0 Å². The number of rotatable bonds is 1. The summed E-state index contributed by atoms with van der Waals surface area (Å²) < 4.78 is 24.6. The molecule has 0 saturated heterocycles. The molecule has 0 radical (unpaired) electrons. The van der Waals surface area contributed by atoms with Crippen molar-refractivity contribution in [3.05, 3.63) is 33.3 Å². The molecule has 0 saturated carbocycles. The molecule has 13 heavy (non-hydrogen) atoms. The van der Waals surface area contributed by atoms with Gasteiger partial charge in [-0.05, 0) is 12.1 Å². The van der Waals surface area contributed by atoms with E-state index in [2.05, 4.69) is 0 Å². The van der Waals surface area contributed by atoms with Crippen LogP contribution in [0.3, 0.4) is 0 Å². The Kier molecular flexibility index (Phi) is 3.07. The van der Waals surface area contributed by atoms with Crippen molar-refractivity contribution < 1.29 is 8.78 Å². The smallest absolute Gasteiger partial charge is 0.205 e. The molecule has 0 heterocycles. The monoisotopic (exact) mass is 221 g/mol. The molecular formula is C8H3Cl2F2N. The molecular weight excluding hydrogens is 219 g/mol. The quantitative estimate of drug-likeness (QED) is 0.708. The van der Waals surface area contributed by atoms with Gasteiger partial charge in [0.05, 0.1) is 10.6 Å². The zero-order chi connectivity index (χ0) is 10.0. The minimum atomic E-state index is -2.74. The standard InChI is InChI=1S/C8H3Cl2F2N/c9-4-1-5(8(11)12)6(3-13)7(10)2-4/h1-2,8H. The van der Waals surface area contributed by atoms with Crippen LogP contribution in [0.1, 0.15) is 17.6 Å². The van der Waals surface area contributed by atoms with E-state index in [1.807, 2.05) is 0 Å². The average Bonchev–Trinajstić information content (AvgIpc) is 2.02. The van der Waals surface area contributed by atoms with E-state index >= 15 is 0 Å². The Morgan fingerprint density at radius 3 is 2.38 bits per heavy atom. The number of hydrogen-bond donors (Lipinski definition) is 0. The summed E-state index contributed by atoms with van der Waals surface area (Å²) in [5, 5.41) is 8.57. The van der Waals surface area contributed by atoms with Crippen molar-refractivity contribution in [2.24, 2.45) is 0 Å². The molecule has 0 aliphatic carbocycles. The molecule has 0 N–H and O–H groups in total. The zero-order valence-corrected chi connectivity index (χ0v) is 7.70. The maximum atomic E-state index is 12.3.